The van der Waals surface area contributed by atoms with E-state index in [1.807, 2.05) is 36.6 Å². The van der Waals surface area contributed by atoms with Crippen LogP contribution in [0.5, 0.6) is 0 Å². The second kappa shape index (κ2) is 7.07. The van der Waals surface area contributed by atoms with Crippen molar-refractivity contribution in [3.63, 3.8) is 0 Å². The molecule has 4 nitrogen and oxygen atoms in total. The molecule has 1 N–H and O–H groups in total. The molecule has 0 bridgehead atoms. The molecule has 0 aliphatic heterocycles. The average molecular weight is 341 g/mol. The molecule has 0 fully saturated rings. The van der Waals surface area contributed by atoms with Gasteiger partial charge < -0.3 is 5.32 Å². The second-order valence-corrected chi connectivity index (χ2v) is 6.27. The lowest BCUT2D eigenvalue weighted by molar-refractivity contribution is 0.573. The number of thioether (sulfide) groups is 1. The highest BCUT2D eigenvalue weighted by atomic mass is 79.9. The molecule has 1 heterocycles. The van der Waals surface area contributed by atoms with Crippen molar-refractivity contribution < 1.29 is 0 Å². The fraction of sp³-hybridized carbons (Fsp3) is 0.385. The van der Waals surface area contributed by atoms with Gasteiger partial charge in [0.15, 0.2) is 0 Å². The van der Waals surface area contributed by atoms with Gasteiger partial charge in [-0.05, 0) is 25.2 Å². The molecule has 2 rings (SSSR count). The monoisotopic (exact) mass is 340 g/mol. The summed E-state index contributed by atoms with van der Waals surface area (Å²) in [5, 5.41) is 7.44. The molecule has 6 heteroatoms. The number of likely N-dealkylation sites (N-methyl/N-ethyl adjacent to an activating group) is 1. The summed E-state index contributed by atoms with van der Waals surface area (Å²) in [5.41, 5.74) is 0. The van der Waals surface area contributed by atoms with E-state index in [1.165, 1.54) is 4.90 Å². The van der Waals surface area contributed by atoms with E-state index in [0.29, 0.717) is 6.04 Å². The number of halogens is 1. The molecule has 1 aromatic carbocycles. The standard InChI is InChI=1S/C13H17BrN4S/c1-15-11(7-13-16-9-17-18(13)2)8-19-12-5-3-4-10(14)6-12/h3-6,9,11,15H,7-8H2,1-2H3. The third kappa shape index (κ3) is 4.33. The van der Waals surface area contributed by atoms with Gasteiger partial charge in [0.25, 0.3) is 0 Å². The fourth-order valence-electron chi connectivity index (χ4n) is 1.72. The summed E-state index contributed by atoms with van der Waals surface area (Å²) in [4.78, 5) is 5.54. The van der Waals surface area contributed by atoms with Crippen LogP contribution in [0.25, 0.3) is 0 Å². The maximum atomic E-state index is 4.27. The molecule has 0 saturated carbocycles. The molecule has 1 unspecified atom stereocenters. The van der Waals surface area contributed by atoms with Crippen molar-refractivity contribution in [2.45, 2.75) is 17.4 Å². The Hall–Kier alpha value is -0.850. The Labute approximate surface area is 126 Å². The van der Waals surface area contributed by atoms with Crippen LogP contribution in [-0.4, -0.2) is 33.6 Å². The summed E-state index contributed by atoms with van der Waals surface area (Å²) in [6.07, 6.45) is 2.48. The predicted octanol–water partition coefficient (Wildman–Crippen LogP) is 2.50. The second-order valence-electron chi connectivity index (χ2n) is 4.26. The highest BCUT2D eigenvalue weighted by Gasteiger charge is 2.11. The van der Waals surface area contributed by atoms with Gasteiger partial charge in [-0.15, -0.1) is 11.8 Å². The first-order chi connectivity index (χ1) is 9.19. The first kappa shape index (κ1) is 14.6. The van der Waals surface area contributed by atoms with Crippen LogP contribution < -0.4 is 5.32 Å². The zero-order valence-electron chi connectivity index (χ0n) is 11.0. The van der Waals surface area contributed by atoms with Crippen molar-refractivity contribution in [2.75, 3.05) is 12.8 Å². The van der Waals surface area contributed by atoms with Crippen LogP contribution in [-0.2, 0) is 13.5 Å². The lowest BCUT2D eigenvalue weighted by Gasteiger charge is -2.15. The smallest absolute Gasteiger partial charge is 0.138 e. The lowest BCUT2D eigenvalue weighted by Crippen LogP contribution is -2.31. The summed E-state index contributed by atoms with van der Waals surface area (Å²) in [6, 6.07) is 8.75. The molecule has 0 aliphatic carbocycles. The van der Waals surface area contributed by atoms with Crippen LogP contribution >= 0.6 is 27.7 Å². The van der Waals surface area contributed by atoms with Crippen LogP contribution in [0.3, 0.4) is 0 Å². The SMILES string of the molecule is CNC(CSc1cccc(Br)c1)Cc1ncnn1C. The van der Waals surface area contributed by atoms with E-state index in [9.17, 15) is 0 Å². The number of benzene rings is 1. The maximum Gasteiger partial charge on any atom is 0.138 e. The maximum absolute atomic E-state index is 4.27. The highest BCUT2D eigenvalue weighted by molar-refractivity contribution is 9.10. The Kier molecular flexibility index (Phi) is 5.42. The molecule has 2 aromatic rings. The van der Waals surface area contributed by atoms with Crippen molar-refractivity contribution >= 4 is 27.7 Å². The minimum absolute atomic E-state index is 0.381. The fourth-order valence-corrected chi connectivity index (χ4v) is 3.34. The third-order valence-corrected chi connectivity index (χ3v) is 4.54. The topological polar surface area (TPSA) is 42.7 Å². The first-order valence-electron chi connectivity index (χ1n) is 6.07. The minimum atomic E-state index is 0.381. The zero-order valence-corrected chi connectivity index (χ0v) is 13.4. The number of nitrogens with one attached hydrogen (secondary N) is 1. The van der Waals surface area contributed by atoms with Gasteiger partial charge in [0.05, 0.1) is 0 Å². The molecule has 0 aliphatic rings. The van der Waals surface area contributed by atoms with Gasteiger partial charge >= 0.3 is 0 Å². The van der Waals surface area contributed by atoms with Crippen molar-refractivity contribution in [1.29, 1.82) is 0 Å². The van der Waals surface area contributed by atoms with Crippen LogP contribution in [0, 0.1) is 0 Å². The van der Waals surface area contributed by atoms with Gasteiger partial charge in [0.2, 0.25) is 0 Å². The highest BCUT2D eigenvalue weighted by Crippen LogP contribution is 2.22. The van der Waals surface area contributed by atoms with Crippen molar-refractivity contribution in [3.8, 4) is 0 Å². The molecular weight excluding hydrogens is 324 g/mol. The molecule has 102 valence electrons. The summed E-state index contributed by atoms with van der Waals surface area (Å²) < 4.78 is 2.94. The Balaban J connectivity index is 1.91. The molecule has 0 amide bonds. The van der Waals surface area contributed by atoms with Gasteiger partial charge in [-0.3, -0.25) is 4.68 Å². The quantitative estimate of drug-likeness (QED) is 0.820. The molecule has 1 atom stereocenters. The molecule has 19 heavy (non-hydrogen) atoms. The van der Waals surface area contributed by atoms with E-state index in [1.54, 1.807) is 6.33 Å². The van der Waals surface area contributed by atoms with E-state index >= 15 is 0 Å². The Morgan fingerprint density at radius 3 is 2.95 bits per heavy atom. The lowest BCUT2D eigenvalue weighted by atomic mass is 10.2. The number of nitrogens with zero attached hydrogens (tertiary/aromatic N) is 3. The molecule has 0 radical (unpaired) electrons. The van der Waals surface area contributed by atoms with E-state index in [0.717, 1.165) is 22.5 Å². The summed E-state index contributed by atoms with van der Waals surface area (Å²) in [5.74, 6) is 2.01. The summed E-state index contributed by atoms with van der Waals surface area (Å²) in [7, 11) is 3.92. The predicted molar refractivity (Wildman–Crippen MR) is 82.4 cm³/mol. The number of aryl methyl sites for hydroxylation is 1. The van der Waals surface area contributed by atoms with Crippen molar-refractivity contribution in [2.24, 2.45) is 7.05 Å². The van der Waals surface area contributed by atoms with Crippen molar-refractivity contribution in [3.05, 3.63) is 40.9 Å². The normalized spacial score (nSPS) is 12.6. The van der Waals surface area contributed by atoms with Crippen LogP contribution in [0.2, 0.25) is 0 Å². The van der Waals surface area contributed by atoms with E-state index in [-0.39, 0.29) is 0 Å². The van der Waals surface area contributed by atoms with E-state index < -0.39 is 0 Å². The first-order valence-corrected chi connectivity index (χ1v) is 7.85. The van der Waals surface area contributed by atoms with Crippen LogP contribution in [0.1, 0.15) is 5.82 Å². The van der Waals surface area contributed by atoms with E-state index in [2.05, 4.69) is 49.5 Å². The Morgan fingerprint density at radius 2 is 2.32 bits per heavy atom. The van der Waals surface area contributed by atoms with Gasteiger partial charge in [0, 0.05) is 34.6 Å². The number of rotatable bonds is 6. The minimum Gasteiger partial charge on any atom is -0.316 e. The third-order valence-electron chi connectivity index (χ3n) is 2.89. The van der Waals surface area contributed by atoms with Gasteiger partial charge in [-0.25, -0.2) is 4.98 Å². The average Bonchev–Trinajstić information content (AvgIpc) is 2.80. The van der Waals surface area contributed by atoms with Gasteiger partial charge in [-0.2, -0.15) is 5.10 Å². The molecule has 0 saturated heterocycles. The number of hydrogen-bond donors (Lipinski definition) is 1. The molecular formula is C13H17BrN4S. The Morgan fingerprint density at radius 1 is 1.47 bits per heavy atom. The molecule has 0 spiro atoms. The number of hydrogen-bond acceptors (Lipinski definition) is 4. The zero-order chi connectivity index (χ0) is 13.7. The van der Waals surface area contributed by atoms with Gasteiger partial charge in [-0.1, -0.05) is 22.0 Å². The van der Waals surface area contributed by atoms with E-state index in [4.69, 9.17) is 0 Å². The Bertz CT molecular complexity index is 529. The van der Waals surface area contributed by atoms with Crippen molar-refractivity contribution in [1.82, 2.24) is 20.1 Å². The summed E-state index contributed by atoms with van der Waals surface area (Å²) >= 11 is 5.34. The largest absolute Gasteiger partial charge is 0.316 e. The van der Waals surface area contributed by atoms with Crippen LogP contribution in [0.4, 0.5) is 0 Å². The number of aromatic nitrogens is 3. The van der Waals surface area contributed by atoms with Crippen LogP contribution in [0.15, 0.2) is 40.0 Å². The van der Waals surface area contributed by atoms with Gasteiger partial charge in [0.1, 0.15) is 12.2 Å². The molecule has 1 aromatic heterocycles. The summed E-state index contributed by atoms with van der Waals surface area (Å²) in [6.45, 7) is 0.